The first-order chi connectivity index (χ1) is 16.0. The van der Waals surface area contributed by atoms with E-state index in [1.165, 1.54) is 29.2 Å². The monoisotopic (exact) mass is 479 g/mol. The molecule has 168 valence electrons. The van der Waals surface area contributed by atoms with E-state index in [0.29, 0.717) is 23.5 Å². The van der Waals surface area contributed by atoms with Gasteiger partial charge < -0.3 is 9.88 Å². The summed E-state index contributed by atoms with van der Waals surface area (Å²) in [5, 5.41) is 13.6. The maximum atomic E-state index is 13.3. The van der Waals surface area contributed by atoms with Crippen molar-refractivity contribution >= 4 is 45.7 Å². The topological polar surface area (TPSA) is 105 Å². The van der Waals surface area contributed by atoms with Gasteiger partial charge >= 0.3 is 0 Å². The molecular weight excluding hydrogens is 458 g/mol. The summed E-state index contributed by atoms with van der Waals surface area (Å²) in [5.74, 6) is 0.791. The van der Waals surface area contributed by atoms with Crippen LogP contribution in [0.5, 0.6) is 0 Å². The quantitative estimate of drug-likeness (QED) is 0.303. The number of imidazole rings is 1. The minimum atomic E-state index is -0.438. The van der Waals surface area contributed by atoms with Crippen molar-refractivity contribution in [1.82, 2.24) is 19.9 Å². The highest BCUT2D eigenvalue weighted by Gasteiger charge is 2.29. The second-order valence-corrected chi connectivity index (χ2v) is 10.2. The van der Waals surface area contributed by atoms with Crippen LogP contribution in [0.25, 0.3) is 11.0 Å². The SMILES string of the molecule is Cc1csc(Sc2ccc(C(=O)N3CCCC(c4nc5ccccc5[nH]4)C3)cc2[N+](=O)[O-])n1. The molecule has 1 fully saturated rings. The number of hydrogen-bond acceptors (Lipinski definition) is 7. The average molecular weight is 480 g/mol. The summed E-state index contributed by atoms with van der Waals surface area (Å²) < 4.78 is 0.736. The van der Waals surface area contributed by atoms with E-state index in [1.54, 1.807) is 17.0 Å². The number of carbonyl (C=O) groups excluding carboxylic acids is 1. The molecule has 1 unspecified atom stereocenters. The minimum Gasteiger partial charge on any atom is -0.342 e. The molecule has 0 saturated carbocycles. The highest BCUT2D eigenvalue weighted by molar-refractivity contribution is 8.01. The third-order valence-electron chi connectivity index (χ3n) is 5.70. The molecule has 0 radical (unpaired) electrons. The van der Waals surface area contributed by atoms with E-state index < -0.39 is 4.92 Å². The van der Waals surface area contributed by atoms with E-state index >= 15 is 0 Å². The highest BCUT2D eigenvalue weighted by Crippen LogP contribution is 2.37. The molecule has 2 aromatic carbocycles. The first-order valence-electron chi connectivity index (χ1n) is 10.6. The molecule has 1 atom stereocenters. The predicted octanol–water partition coefficient (Wildman–Crippen LogP) is 5.41. The van der Waals surface area contributed by atoms with Crippen molar-refractivity contribution in [1.29, 1.82) is 0 Å². The fourth-order valence-electron chi connectivity index (χ4n) is 4.09. The lowest BCUT2D eigenvalue weighted by atomic mass is 9.96. The van der Waals surface area contributed by atoms with Gasteiger partial charge in [-0.3, -0.25) is 14.9 Å². The summed E-state index contributed by atoms with van der Waals surface area (Å²) in [7, 11) is 0. The third kappa shape index (κ3) is 4.49. The maximum Gasteiger partial charge on any atom is 0.284 e. The van der Waals surface area contributed by atoms with E-state index in [0.717, 1.165) is 39.7 Å². The third-order valence-corrected chi connectivity index (χ3v) is 7.82. The predicted molar refractivity (Wildman–Crippen MR) is 128 cm³/mol. The molecule has 1 aliphatic rings. The molecule has 2 aromatic heterocycles. The Labute approximate surface area is 198 Å². The van der Waals surface area contributed by atoms with Gasteiger partial charge in [0.1, 0.15) is 5.82 Å². The fourth-order valence-corrected chi connectivity index (χ4v) is 5.96. The number of piperidine rings is 1. The molecular formula is C23H21N5O3S2. The molecule has 0 bridgehead atoms. The Bertz CT molecular complexity index is 1320. The molecule has 0 aliphatic carbocycles. The van der Waals surface area contributed by atoms with Crippen molar-refractivity contribution in [3.05, 3.63) is 75.0 Å². The number of H-pyrrole nitrogens is 1. The number of aromatic amines is 1. The number of para-hydroxylation sites is 2. The Morgan fingerprint density at radius 1 is 1.27 bits per heavy atom. The van der Waals surface area contributed by atoms with Crippen LogP contribution in [-0.4, -0.2) is 43.8 Å². The summed E-state index contributed by atoms with van der Waals surface area (Å²) in [6.07, 6.45) is 1.79. The van der Waals surface area contributed by atoms with Crippen molar-refractivity contribution in [2.45, 2.75) is 34.9 Å². The number of carbonyl (C=O) groups is 1. The second-order valence-electron chi connectivity index (χ2n) is 8.03. The van der Waals surface area contributed by atoms with Gasteiger partial charge in [0.2, 0.25) is 0 Å². The van der Waals surface area contributed by atoms with Gasteiger partial charge in [-0.25, -0.2) is 9.97 Å². The molecule has 10 heteroatoms. The number of amides is 1. The standard InChI is InChI=1S/C23H21N5O3S2/c1-14-13-32-23(24-14)33-20-9-8-15(11-19(20)28(30)31)22(29)27-10-4-5-16(12-27)21-25-17-6-2-3-7-18(17)26-21/h2-3,6-9,11,13,16H,4-5,10,12H2,1H3,(H,25,26). The molecule has 1 amide bonds. The van der Waals surface area contributed by atoms with E-state index in [-0.39, 0.29) is 17.5 Å². The van der Waals surface area contributed by atoms with Crippen LogP contribution in [0.1, 0.15) is 40.6 Å². The number of rotatable bonds is 5. The average Bonchev–Trinajstić information content (AvgIpc) is 3.44. The van der Waals surface area contributed by atoms with Crippen LogP contribution in [0.2, 0.25) is 0 Å². The van der Waals surface area contributed by atoms with Crippen LogP contribution in [0.15, 0.2) is 57.1 Å². The molecule has 4 aromatic rings. The van der Waals surface area contributed by atoms with E-state index in [9.17, 15) is 14.9 Å². The summed E-state index contributed by atoms with van der Waals surface area (Å²) in [6, 6.07) is 12.6. The number of nitrogens with zero attached hydrogens (tertiary/aromatic N) is 4. The van der Waals surface area contributed by atoms with E-state index in [4.69, 9.17) is 4.98 Å². The number of likely N-dealkylation sites (tertiary alicyclic amines) is 1. The van der Waals surface area contributed by atoms with Crippen molar-refractivity contribution in [2.75, 3.05) is 13.1 Å². The first-order valence-corrected chi connectivity index (χ1v) is 12.3. The number of nitro groups is 1. The molecule has 33 heavy (non-hydrogen) atoms. The maximum absolute atomic E-state index is 13.3. The van der Waals surface area contributed by atoms with Crippen LogP contribution in [0.4, 0.5) is 5.69 Å². The van der Waals surface area contributed by atoms with Crippen LogP contribution in [-0.2, 0) is 0 Å². The van der Waals surface area contributed by atoms with Gasteiger partial charge in [-0.1, -0.05) is 23.9 Å². The van der Waals surface area contributed by atoms with Gasteiger partial charge in [-0.15, -0.1) is 11.3 Å². The summed E-state index contributed by atoms with van der Waals surface area (Å²) >= 11 is 2.69. The van der Waals surface area contributed by atoms with Crippen LogP contribution in [0.3, 0.4) is 0 Å². The van der Waals surface area contributed by atoms with E-state index in [1.807, 2.05) is 36.6 Å². The molecule has 1 N–H and O–H groups in total. The molecule has 1 aliphatic heterocycles. The summed E-state index contributed by atoms with van der Waals surface area (Å²) in [5.41, 5.74) is 3.02. The zero-order valence-electron chi connectivity index (χ0n) is 17.9. The molecule has 5 rings (SSSR count). The number of thiazole rings is 1. The first kappa shape index (κ1) is 21.6. The Hall–Kier alpha value is -3.24. The number of hydrogen-bond donors (Lipinski definition) is 1. The number of fused-ring (bicyclic) bond motifs is 1. The Morgan fingerprint density at radius 3 is 2.88 bits per heavy atom. The number of aryl methyl sites for hydroxylation is 1. The van der Waals surface area contributed by atoms with Crippen LogP contribution < -0.4 is 0 Å². The lowest BCUT2D eigenvalue weighted by molar-refractivity contribution is -0.387. The number of nitro benzene ring substituents is 1. The molecule has 8 nitrogen and oxygen atoms in total. The van der Waals surface area contributed by atoms with E-state index in [2.05, 4.69) is 9.97 Å². The normalized spacial score (nSPS) is 16.3. The van der Waals surface area contributed by atoms with Crippen molar-refractivity contribution in [3.63, 3.8) is 0 Å². The lowest BCUT2D eigenvalue weighted by Crippen LogP contribution is -2.39. The molecule has 3 heterocycles. The Kier molecular flexibility index (Phi) is 5.86. The fraction of sp³-hybridized carbons (Fsp3) is 0.261. The summed E-state index contributed by atoms with van der Waals surface area (Å²) in [4.78, 5) is 39.2. The molecule has 0 spiro atoms. The smallest absolute Gasteiger partial charge is 0.284 e. The van der Waals surface area contributed by atoms with Gasteiger partial charge in [0, 0.05) is 41.7 Å². The molecule has 1 saturated heterocycles. The lowest BCUT2D eigenvalue weighted by Gasteiger charge is -2.32. The minimum absolute atomic E-state index is 0.0791. The number of nitrogens with one attached hydrogen (secondary N) is 1. The van der Waals surface area contributed by atoms with Gasteiger partial charge in [0.25, 0.3) is 11.6 Å². The van der Waals surface area contributed by atoms with Crippen LogP contribution in [0, 0.1) is 17.0 Å². The Morgan fingerprint density at radius 2 is 2.12 bits per heavy atom. The zero-order chi connectivity index (χ0) is 22.9. The number of benzene rings is 2. The van der Waals surface area contributed by atoms with Gasteiger partial charge in [-0.2, -0.15) is 0 Å². The van der Waals surface area contributed by atoms with Crippen LogP contribution >= 0.6 is 23.1 Å². The summed E-state index contributed by atoms with van der Waals surface area (Å²) in [6.45, 7) is 3.04. The van der Waals surface area contributed by atoms with Gasteiger partial charge in [-0.05, 0) is 44.0 Å². The van der Waals surface area contributed by atoms with Gasteiger partial charge in [0.05, 0.1) is 20.9 Å². The van der Waals surface area contributed by atoms with Crippen molar-refractivity contribution < 1.29 is 9.72 Å². The van der Waals surface area contributed by atoms with Crippen molar-refractivity contribution in [3.8, 4) is 0 Å². The largest absolute Gasteiger partial charge is 0.342 e. The highest BCUT2D eigenvalue weighted by atomic mass is 32.2. The zero-order valence-corrected chi connectivity index (χ0v) is 19.5. The second kappa shape index (κ2) is 8.95. The van der Waals surface area contributed by atoms with Crippen molar-refractivity contribution in [2.24, 2.45) is 0 Å². The Balaban J connectivity index is 1.36. The number of aromatic nitrogens is 3. The van der Waals surface area contributed by atoms with Gasteiger partial charge in [0.15, 0.2) is 4.34 Å².